The molecule has 2 atom stereocenters. The minimum absolute atomic E-state index is 0.0217. The summed E-state index contributed by atoms with van der Waals surface area (Å²) in [6, 6.07) is 14.3. The monoisotopic (exact) mass is 267 g/mol. The van der Waals surface area contributed by atoms with Crippen molar-refractivity contribution in [3.05, 3.63) is 64.7 Å². The van der Waals surface area contributed by atoms with E-state index >= 15 is 0 Å². The highest BCUT2D eigenvalue weighted by Crippen LogP contribution is 2.37. The lowest BCUT2D eigenvalue weighted by Gasteiger charge is -2.20. The molecule has 0 aromatic heterocycles. The summed E-state index contributed by atoms with van der Waals surface area (Å²) in [5, 5.41) is 14.1. The van der Waals surface area contributed by atoms with Crippen molar-refractivity contribution in [2.24, 2.45) is 0 Å². The molecule has 3 heteroatoms. The zero-order valence-electron chi connectivity index (χ0n) is 11.2. The van der Waals surface area contributed by atoms with Crippen molar-refractivity contribution in [3.63, 3.8) is 0 Å². The number of aliphatic hydroxyl groups is 1. The van der Waals surface area contributed by atoms with E-state index < -0.39 is 6.10 Å². The van der Waals surface area contributed by atoms with Gasteiger partial charge in [-0.3, -0.25) is 0 Å². The van der Waals surface area contributed by atoms with Crippen LogP contribution in [0.25, 0.3) is 0 Å². The van der Waals surface area contributed by atoms with Crippen LogP contribution >= 0.6 is 0 Å². The van der Waals surface area contributed by atoms with Crippen LogP contribution in [0.15, 0.2) is 42.5 Å². The summed E-state index contributed by atoms with van der Waals surface area (Å²) >= 11 is 0. The third-order valence-electron chi connectivity index (χ3n) is 4.27. The van der Waals surface area contributed by atoms with E-state index in [0.29, 0.717) is 0 Å². The molecule has 4 rings (SSSR count). The average molecular weight is 267 g/mol. The fourth-order valence-corrected chi connectivity index (χ4v) is 3.19. The molecular formula is C17H17NO2. The molecular weight excluding hydrogens is 250 g/mol. The molecule has 0 amide bonds. The molecule has 2 heterocycles. The van der Waals surface area contributed by atoms with Crippen LogP contribution in [0.2, 0.25) is 0 Å². The number of hydrogen-bond donors (Lipinski definition) is 2. The highest BCUT2D eigenvalue weighted by atomic mass is 16.5. The molecule has 2 N–H and O–H groups in total. The molecule has 2 aromatic rings. The minimum atomic E-state index is -0.524. The van der Waals surface area contributed by atoms with Crippen molar-refractivity contribution in [2.75, 3.05) is 6.61 Å². The molecule has 102 valence electrons. The largest absolute Gasteiger partial charge is 0.493 e. The highest BCUT2D eigenvalue weighted by Gasteiger charge is 2.29. The lowest BCUT2D eigenvalue weighted by Crippen LogP contribution is -2.20. The predicted octanol–water partition coefficient (Wildman–Crippen LogP) is 2.50. The van der Waals surface area contributed by atoms with E-state index in [4.69, 9.17) is 4.74 Å². The van der Waals surface area contributed by atoms with E-state index in [1.54, 1.807) is 0 Å². The van der Waals surface area contributed by atoms with Crippen LogP contribution in [0.1, 0.15) is 34.4 Å². The predicted molar refractivity (Wildman–Crippen MR) is 76.6 cm³/mol. The second kappa shape index (κ2) is 4.62. The molecule has 0 radical (unpaired) electrons. The Morgan fingerprint density at radius 1 is 1.15 bits per heavy atom. The molecule has 3 nitrogen and oxygen atoms in total. The topological polar surface area (TPSA) is 41.5 Å². The number of fused-ring (bicyclic) bond motifs is 2. The second-order valence-electron chi connectivity index (χ2n) is 5.47. The van der Waals surface area contributed by atoms with Crippen molar-refractivity contribution in [3.8, 4) is 5.75 Å². The first kappa shape index (κ1) is 11.9. The van der Waals surface area contributed by atoms with Crippen LogP contribution in [0.5, 0.6) is 5.75 Å². The van der Waals surface area contributed by atoms with Gasteiger partial charge in [-0.05, 0) is 34.4 Å². The van der Waals surface area contributed by atoms with Gasteiger partial charge in [-0.15, -0.1) is 0 Å². The van der Waals surface area contributed by atoms with E-state index in [9.17, 15) is 5.11 Å². The Balaban J connectivity index is 1.67. The van der Waals surface area contributed by atoms with E-state index in [0.717, 1.165) is 30.9 Å². The van der Waals surface area contributed by atoms with Crippen LogP contribution in [-0.4, -0.2) is 11.7 Å². The maximum atomic E-state index is 10.7. The molecule has 20 heavy (non-hydrogen) atoms. The smallest absolute Gasteiger partial charge is 0.122 e. The van der Waals surface area contributed by atoms with Crippen molar-refractivity contribution < 1.29 is 9.84 Å². The SMILES string of the molecule is OC(c1ccc2c(c1)CCO2)C1NCc2ccccc21. The normalized spacial score (nSPS) is 21.1. The van der Waals surface area contributed by atoms with Crippen LogP contribution in [0.3, 0.4) is 0 Å². The molecule has 2 aliphatic rings. The molecule has 0 saturated carbocycles. The molecule has 0 spiro atoms. The number of hydrogen-bond acceptors (Lipinski definition) is 3. The Bertz CT molecular complexity index is 653. The van der Waals surface area contributed by atoms with Crippen LogP contribution in [0, 0.1) is 0 Å². The molecule has 0 saturated heterocycles. The van der Waals surface area contributed by atoms with Crippen molar-refractivity contribution in [2.45, 2.75) is 25.1 Å². The Morgan fingerprint density at radius 2 is 2.05 bits per heavy atom. The summed E-state index contributed by atoms with van der Waals surface area (Å²) in [6.45, 7) is 1.57. The molecule has 0 bridgehead atoms. The summed E-state index contributed by atoms with van der Waals surface area (Å²) in [5.41, 5.74) is 4.65. The quantitative estimate of drug-likeness (QED) is 0.878. The zero-order valence-corrected chi connectivity index (χ0v) is 11.2. The highest BCUT2D eigenvalue weighted by molar-refractivity contribution is 5.42. The standard InChI is InChI=1S/C17H17NO2/c19-17(12-5-6-15-11(9-12)7-8-20-15)16-14-4-2-1-3-13(14)10-18-16/h1-6,9,16-19H,7-8,10H2. The number of ether oxygens (including phenoxy) is 1. The van der Waals surface area contributed by atoms with Gasteiger partial charge in [-0.1, -0.05) is 30.3 Å². The van der Waals surface area contributed by atoms with E-state index in [-0.39, 0.29) is 6.04 Å². The molecule has 2 unspecified atom stereocenters. The van der Waals surface area contributed by atoms with Crippen molar-refractivity contribution in [1.82, 2.24) is 5.32 Å². The molecule has 0 fully saturated rings. The van der Waals surface area contributed by atoms with Gasteiger partial charge < -0.3 is 15.2 Å². The van der Waals surface area contributed by atoms with Gasteiger partial charge in [-0.25, -0.2) is 0 Å². The zero-order chi connectivity index (χ0) is 13.5. The summed E-state index contributed by atoms with van der Waals surface area (Å²) < 4.78 is 5.52. The third-order valence-corrected chi connectivity index (χ3v) is 4.27. The Labute approximate surface area is 118 Å². The van der Waals surface area contributed by atoms with Crippen molar-refractivity contribution >= 4 is 0 Å². The second-order valence-corrected chi connectivity index (χ2v) is 5.47. The first-order valence-corrected chi connectivity index (χ1v) is 7.08. The Kier molecular flexibility index (Phi) is 2.76. The van der Waals surface area contributed by atoms with Gasteiger partial charge >= 0.3 is 0 Å². The maximum Gasteiger partial charge on any atom is 0.122 e. The number of rotatable bonds is 2. The number of aliphatic hydroxyl groups excluding tert-OH is 1. The first-order valence-electron chi connectivity index (χ1n) is 7.08. The van der Waals surface area contributed by atoms with Crippen LogP contribution < -0.4 is 10.1 Å². The number of benzene rings is 2. The Hall–Kier alpha value is -1.84. The lowest BCUT2D eigenvalue weighted by atomic mass is 9.94. The minimum Gasteiger partial charge on any atom is -0.493 e. The first-order chi connectivity index (χ1) is 9.83. The summed E-state index contributed by atoms with van der Waals surface area (Å²) in [4.78, 5) is 0. The van der Waals surface area contributed by atoms with Crippen molar-refractivity contribution in [1.29, 1.82) is 0 Å². The maximum absolute atomic E-state index is 10.7. The summed E-state index contributed by atoms with van der Waals surface area (Å²) in [7, 11) is 0. The van der Waals surface area contributed by atoms with E-state index in [1.807, 2.05) is 24.3 Å². The Morgan fingerprint density at radius 3 is 3.00 bits per heavy atom. The van der Waals surface area contributed by atoms with E-state index in [2.05, 4.69) is 23.5 Å². The summed E-state index contributed by atoms with van der Waals surface area (Å²) in [5.74, 6) is 0.959. The van der Waals surface area contributed by atoms with Crippen LogP contribution in [-0.2, 0) is 13.0 Å². The van der Waals surface area contributed by atoms with Gasteiger partial charge in [0, 0.05) is 13.0 Å². The lowest BCUT2D eigenvalue weighted by molar-refractivity contribution is 0.133. The van der Waals surface area contributed by atoms with Gasteiger partial charge in [0.1, 0.15) is 5.75 Å². The fourth-order valence-electron chi connectivity index (χ4n) is 3.19. The number of nitrogens with one attached hydrogen (secondary N) is 1. The van der Waals surface area contributed by atoms with E-state index in [1.165, 1.54) is 16.7 Å². The fraction of sp³-hybridized carbons (Fsp3) is 0.294. The summed E-state index contributed by atoms with van der Waals surface area (Å²) in [6.07, 6.45) is 0.412. The average Bonchev–Trinajstić information content (AvgIpc) is 3.12. The third kappa shape index (κ3) is 1.82. The molecule has 2 aliphatic heterocycles. The van der Waals surface area contributed by atoms with Gasteiger partial charge in [0.05, 0.1) is 18.8 Å². The van der Waals surface area contributed by atoms with Gasteiger partial charge in [-0.2, -0.15) is 0 Å². The molecule has 2 aromatic carbocycles. The van der Waals surface area contributed by atoms with Gasteiger partial charge in [0.25, 0.3) is 0 Å². The van der Waals surface area contributed by atoms with Gasteiger partial charge in [0.2, 0.25) is 0 Å². The van der Waals surface area contributed by atoms with Crippen LogP contribution in [0.4, 0.5) is 0 Å². The van der Waals surface area contributed by atoms with Gasteiger partial charge in [0.15, 0.2) is 0 Å². The molecule has 0 aliphatic carbocycles.